The van der Waals surface area contributed by atoms with Crippen LogP contribution in [0.3, 0.4) is 0 Å². The fraction of sp³-hybridized carbons (Fsp3) is 0.0500. The van der Waals surface area contributed by atoms with Gasteiger partial charge in [0.15, 0.2) is 0 Å². The first-order chi connectivity index (χ1) is 12.5. The molecule has 1 aromatic heterocycles. The number of aromatic nitrogens is 1. The van der Waals surface area contributed by atoms with E-state index >= 15 is 0 Å². The summed E-state index contributed by atoms with van der Waals surface area (Å²) in [6.07, 6.45) is 1.43. The largest absolute Gasteiger partial charge is 0.422 e. The molecule has 0 atom stereocenters. The van der Waals surface area contributed by atoms with E-state index in [1.54, 1.807) is 36.4 Å². The summed E-state index contributed by atoms with van der Waals surface area (Å²) < 4.78 is 5.24. The predicted octanol–water partition coefficient (Wildman–Crippen LogP) is 4.51. The van der Waals surface area contributed by atoms with Gasteiger partial charge < -0.3 is 10.1 Å². The van der Waals surface area contributed by atoms with E-state index in [4.69, 9.17) is 16.3 Å². The van der Waals surface area contributed by atoms with E-state index in [-0.39, 0.29) is 11.6 Å². The van der Waals surface area contributed by atoms with Gasteiger partial charge in [-0.3, -0.25) is 4.79 Å². The molecule has 0 aliphatic rings. The van der Waals surface area contributed by atoms with E-state index < -0.39 is 5.97 Å². The number of carbonyl (C=O) groups excluding carboxylic acids is 2. The number of halogens is 1. The minimum absolute atomic E-state index is 0.120. The van der Waals surface area contributed by atoms with Crippen LogP contribution < -0.4 is 10.1 Å². The van der Waals surface area contributed by atoms with Crippen molar-refractivity contribution in [2.45, 2.75) is 6.92 Å². The van der Waals surface area contributed by atoms with Crippen LogP contribution in [0.1, 0.15) is 26.4 Å². The number of hydrogen-bond donors (Lipinski definition) is 1. The monoisotopic (exact) mass is 366 g/mol. The summed E-state index contributed by atoms with van der Waals surface area (Å²) in [5.74, 6) is -0.476. The Labute approximate surface area is 155 Å². The molecule has 130 valence electrons. The lowest BCUT2D eigenvalue weighted by Crippen LogP contribution is -2.12. The second-order valence-electron chi connectivity index (χ2n) is 5.60. The third-order valence-electron chi connectivity index (χ3n) is 3.53. The maximum Gasteiger partial charge on any atom is 0.362 e. The van der Waals surface area contributed by atoms with Crippen molar-refractivity contribution in [1.82, 2.24) is 4.98 Å². The number of nitrogens with one attached hydrogen (secondary N) is 1. The van der Waals surface area contributed by atoms with Crippen LogP contribution in [-0.2, 0) is 0 Å². The Kier molecular flexibility index (Phi) is 5.29. The second kappa shape index (κ2) is 7.80. The predicted molar refractivity (Wildman–Crippen MR) is 99.8 cm³/mol. The number of nitrogens with zero attached hydrogens (tertiary/aromatic N) is 1. The molecule has 0 unspecified atom stereocenters. The summed E-state index contributed by atoms with van der Waals surface area (Å²) in [6, 6.07) is 16.8. The van der Waals surface area contributed by atoms with Crippen LogP contribution in [0.5, 0.6) is 5.75 Å². The molecule has 26 heavy (non-hydrogen) atoms. The number of amides is 1. The highest BCUT2D eigenvalue weighted by Crippen LogP contribution is 2.18. The molecule has 0 bridgehead atoms. The zero-order chi connectivity index (χ0) is 18.5. The molecule has 0 spiro atoms. The van der Waals surface area contributed by atoms with Crippen LogP contribution in [0, 0.1) is 6.92 Å². The van der Waals surface area contributed by atoms with Gasteiger partial charge in [-0.2, -0.15) is 0 Å². The molecule has 3 rings (SSSR count). The first-order valence-electron chi connectivity index (χ1n) is 7.83. The number of benzene rings is 2. The number of aryl methyl sites for hydroxylation is 1. The summed E-state index contributed by atoms with van der Waals surface area (Å²) in [6.45, 7) is 1.93. The quantitative estimate of drug-likeness (QED) is 0.544. The molecule has 0 saturated heterocycles. The smallest absolute Gasteiger partial charge is 0.362 e. The van der Waals surface area contributed by atoms with Crippen LogP contribution in [-0.4, -0.2) is 16.9 Å². The van der Waals surface area contributed by atoms with Crippen molar-refractivity contribution in [1.29, 1.82) is 0 Å². The van der Waals surface area contributed by atoms with Gasteiger partial charge in [0.2, 0.25) is 0 Å². The zero-order valence-electron chi connectivity index (χ0n) is 13.9. The Hall–Kier alpha value is -3.18. The molecule has 0 fully saturated rings. The molecule has 2 aromatic carbocycles. The molecule has 1 heterocycles. The molecular formula is C20H15ClN2O3. The van der Waals surface area contributed by atoms with Crippen molar-refractivity contribution in [2.24, 2.45) is 0 Å². The third-order valence-corrected chi connectivity index (χ3v) is 3.77. The highest BCUT2D eigenvalue weighted by Gasteiger charge is 2.11. The van der Waals surface area contributed by atoms with E-state index in [1.165, 1.54) is 12.3 Å². The molecule has 0 radical (unpaired) electrons. The van der Waals surface area contributed by atoms with E-state index in [0.29, 0.717) is 22.0 Å². The summed E-state index contributed by atoms with van der Waals surface area (Å²) in [7, 11) is 0. The first kappa shape index (κ1) is 17.6. The number of rotatable bonds is 4. The number of ether oxygens (including phenoxy) is 1. The number of anilines is 1. The lowest BCUT2D eigenvalue weighted by atomic mass is 10.1. The number of pyridine rings is 1. The normalized spacial score (nSPS) is 10.2. The van der Waals surface area contributed by atoms with Gasteiger partial charge >= 0.3 is 5.97 Å². The van der Waals surface area contributed by atoms with Crippen molar-refractivity contribution in [2.75, 3.05) is 5.32 Å². The maximum absolute atomic E-state index is 12.2. The lowest BCUT2D eigenvalue weighted by molar-refractivity contribution is 0.0728. The minimum Gasteiger partial charge on any atom is -0.422 e. The molecule has 0 aliphatic carbocycles. The van der Waals surface area contributed by atoms with Gasteiger partial charge in [-0.1, -0.05) is 29.3 Å². The molecule has 0 aliphatic heterocycles. The average Bonchev–Trinajstić information content (AvgIpc) is 2.63. The second-order valence-corrected chi connectivity index (χ2v) is 6.03. The first-order valence-corrected chi connectivity index (χ1v) is 8.21. The third kappa shape index (κ3) is 4.46. The van der Waals surface area contributed by atoms with Gasteiger partial charge in [-0.05, 0) is 55.5 Å². The van der Waals surface area contributed by atoms with Crippen LogP contribution >= 0.6 is 11.6 Å². The van der Waals surface area contributed by atoms with Gasteiger partial charge in [-0.25, -0.2) is 9.78 Å². The topological polar surface area (TPSA) is 68.3 Å². The lowest BCUT2D eigenvalue weighted by Gasteiger charge is -2.08. The molecule has 5 nitrogen and oxygen atoms in total. The Balaban J connectivity index is 1.65. The molecule has 1 amide bonds. The van der Waals surface area contributed by atoms with Gasteiger partial charge in [0.05, 0.1) is 0 Å². The van der Waals surface area contributed by atoms with Crippen molar-refractivity contribution in [3.63, 3.8) is 0 Å². The average molecular weight is 367 g/mol. The number of esters is 1. The Bertz CT molecular complexity index is 877. The zero-order valence-corrected chi connectivity index (χ0v) is 14.7. The molecule has 3 aromatic rings. The van der Waals surface area contributed by atoms with Gasteiger partial charge in [0, 0.05) is 22.5 Å². The summed E-state index contributed by atoms with van der Waals surface area (Å²) >= 11 is 5.83. The van der Waals surface area contributed by atoms with Crippen LogP contribution in [0.15, 0.2) is 66.9 Å². The standard InChI is InChI=1S/C20H15ClN2O3/c1-13-3-2-4-14(11-13)19(24)23-16-5-7-17(8-6-16)26-20(25)18-12-15(21)9-10-22-18/h2-12H,1H3,(H,23,24). The van der Waals surface area contributed by atoms with Crippen molar-refractivity contribution in [3.8, 4) is 5.75 Å². The maximum atomic E-state index is 12.2. The van der Waals surface area contributed by atoms with Gasteiger partial charge in [0.1, 0.15) is 11.4 Å². The minimum atomic E-state index is -0.607. The summed E-state index contributed by atoms with van der Waals surface area (Å²) in [5, 5.41) is 3.20. The summed E-state index contributed by atoms with van der Waals surface area (Å²) in [4.78, 5) is 28.2. The SMILES string of the molecule is Cc1cccc(C(=O)Nc2ccc(OC(=O)c3cc(Cl)ccn3)cc2)c1. The molecule has 6 heteroatoms. The van der Waals surface area contributed by atoms with Gasteiger partial charge in [-0.15, -0.1) is 0 Å². The van der Waals surface area contributed by atoms with Crippen LogP contribution in [0.2, 0.25) is 5.02 Å². The van der Waals surface area contributed by atoms with Crippen molar-refractivity contribution >= 4 is 29.2 Å². The molecule has 0 saturated carbocycles. The molecular weight excluding hydrogens is 352 g/mol. The fourth-order valence-corrected chi connectivity index (χ4v) is 2.43. The van der Waals surface area contributed by atoms with E-state index in [0.717, 1.165) is 5.56 Å². The highest BCUT2D eigenvalue weighted by molar-refractivity contribution is 6.30. The summed E-state index contributed by atoms with van der Waals surface area (Å²) in [5.41, 5.74) is 2.30. The Morgan fingerprint density at radius 3 is 2.50 bits per heavy atom. The fourth-order valence-electron chi connectivity index (χ4n) is 2.27. The van der Waals surface area contributed by atoms with Gasteiger partial charge in [0.25, 0.3) is 5.91 Å². The molecule has 1 N–H and O–H groups in total. The Morgan fingerprint density at radius 2 is 1.81 bits per heavy atom. The number of carbonyl (C=O) groups is 2. The van der Waals surface area contributed by atoms with E-state index in [2.05, 4.69) is 10.3 Å². The van der Waals surface area contributed by atoms with Crippen LogP contribution in [0.25, 0.3) is 0 Å². The van der Waals surface area contributed by atoms with E-state index in [9.17, 15) is 9.59 Å². The van der Waals surface area contributed by atoms with Crippen LogP contribution in [0.4, 0.5) is 5.69 Å². The van der Waals surface area contributed by atoms with Crippen molar-refractivity contribution < 1.29 is 14.3 Å². The Morgan fingerprint density at radius 1 is 1.04 bits per heavy atom. The highest BCUT2D eigenvalue weighted by atomic mass is 35.5. The van der Waals surface area contributed by atoms with Crippen molar-refractivity contribution in [3.05, 3.63) is 88.7 Å². The number of hydrogen-bond acceptors (Lipinski definition) is 4. The van der Waals surface area contributed by atoms with E-state index in [1.807, 2.05) is 25.1 Å².